The first-order valence-electron chi connectivity index (χ1n) is 7.18. The average molecular weight is 304 g/mol. The van der Waals surface area contributed by atoms with Gasteiger partial charge in [0.25, 0.3) is 5.91 Å². The Morgan fingerprint density at radius 3 is 2.65 bits per heavy atom. The number of nitrogens with two attached hydrogens (primary N) is 1. The zero-order chi connectivity index (χ0) is 16.2. The second kappa shape index (κ2) is 6.27. The minimum Gasteiger partial charge on any atom is -0.397 e. The molecule has 0 fully saturated rings. The first-order valence-corrected chi connectivity index (χ1v) is 7.18. The van der Waals surface area contributed by atoms with E-state index in [1.807, 2.05) is 43.5 Å². The van der Waals surface area contributed by atoms with Crippen molar-refractivity contribution in [3.8, 4) is 11.1 Å². The van der Waals surface area contributed by atoms with Gasteiger partial charge in [-0.25, -0.2) is 4.98 Å². The lowest BCUT2D eigenvalue weighted by atomic mass is 10.0. The topological polar surface area (TPSA) is 80.9 Å². The normalized spacial score (nSPS) is 10.3. The number of benzene rings is 1. The molecule has 1 aromatic carbocycles. The van der Waals surface area contributed by atoms with Crippen LogP contribution in [0.4, 0.5) is 11.4 Å². The smallest absolute Gasteiger partial charge is 0.276 e. The van der Waals surface area contributed by atoms with Gasteiger partial charge in [-0.05, 0) is 48.4 Å². The molecule has 1 amide bonds. The molecule has 0 aliphatic rings. The summed E-state index contributed by atoms with van der Waals surface area (Å²) in [5.74, 6) is -0.323. The number of hydrogen-bond acceptors (Lipinski definition) is 4. The van der Waals surface area contributed by atoms with E-state index in [1.165, 1.54) is 0 Å². The van der Waals surface area contributed by atoms with E-state index in [0.29, 0.717) is 11.4 Å². The highest BCUT2D eigenvalue weighted by atomic mass is 16.1. The van der Waals surface area contributed by atoms with Crippen LogP contribution in [0.15, 0.2) is 61.1 Å². The summed E-state index contributed by atoms with van der Waals surface area (Å²) in [5.41, 5.74) is 10.2. The van der Waals surface area contributed by atoms with Crippen molar-refractivity contribution in [2.45, 2.75) is 6.92 Å². The van der Waals surface area contributed by atoms with Gasteiger partial charge >= 0.3 is 0 Å². The third-order valence-corrected chi connectivity index (χ3v) is 3.51. The average Bonchev–Trinajstić information content (AvgIpc) is 2.56. The molecule has 0 aliphatic heterocycles. The summed E-state index contributed by atoms with van der Waals surface area (Å²) >= 11 is 0. The predicted molar refractivity (Wildman–Crippen MR) is 91.0 cm³/mol. The van der Waals surface area contributed by atoms with Gasteiger partial charge in [-0.3, -0.25) is 9.78 Å². The van der Waals surface area contributed by atoms with Crippen molar-refractivity contribution >= 4 is 17.3 Å². The highest BCUT2D eigenvalue weighted by molar-refractivity contribution is 6.06. The largest absolute Gasteiger partial charge is 0.397 e. The number of nitrogens with one attached hydrogen (secondary N) is 1. The second-order valence-electron chi connectivity index (χ2n) is 5.17. The Labute approximate surface area is 134 Å². The number of amides is 1. The summed E-state index contributed by atoms with van der Waals surface area (Å²) in [4.78, 5) is 20.4. The van der Waals surface area contributed by atoms with Crippen LogP contribution >= 0.6 is 0 Å². The summed E-state index contributed by atoms with van der Waals surface area (Å²) in [5, 5.41) is 2.82. The lowest BCUT2D eigenvalue weighted by molar-refractivity contribution is 0.102. The van der Waals surface area contributed by atoms with E-state index in [9.17, 15) is 4.79 Å². The number of aromatic nitrogens is 2. The lowest BCUT2D eigenvalue weighted by Crippen LogP contribution is -2.15. The van der Waals surface area contributed by atoms with Crippen LogP contribution in [-0.2, 0) is 0 Å². The molecule has 0 atom stereocenters. The van der Waals surface area contributed by atoms with Crippen LogP contribution in [-0.4, -0.2) is 15.9 Å². The summed E-state index contributed by atoms with van der Waals surface area (Å²) in [6.45, 7) is 1.99. The van der Waals surface area contributed by atoms with E-state index in [1.54, 1.807) is 24.5 Å². The second-order valence-corrected chi connectivity index (χ2v) is 5.17. The number of carbonyl (C=O) groups excluding carboxylic acids is 1. The molecule has 3 N–H and O–H groups in total. The zero-order valence-electron chi connectivity index (χ0n) is 12.7. The maximum absolute atomic E-state index is 12.2. The van der Waals surface area contributed by atoms with E-state index < -0.39 is 0 Å². The molecular weight excluding hydrogens is 288 g/mol. The summed E-state index contributed by atoms with van der Waals surface area (Å²) in [7, 11) is 0. The minimum atomic E-state index is -0.323. The van der Waals surface area contributed by atoms with Crippen LogP contribution in [0, 0.1) is 6.92 Å². The Bertz CT molecular complexity index is 847. The van der Waals surface area contributed by atoms with Crippen LogP contribution < -0.4 is 11.1 Å². The molecule has 3 aromatic rings. The quantitative estimate of drug-likeness (QED) is 0.778. The van der Waals surface area contributed by atoms with Crippen molar-refractivity contribution in [3.05, 3.63) is 72.3 Å². The maximum Gasteiger partial charge on any atom is 0.276 e. The highest BCUT2D eigenvalue weighted by Crippen LogP contribution is 2.25. The molecule has 0 saturated heterocycles. The zero-order valence-corrected chi connectivity index (χ0v) is 12.7. The third kappa shape index (κ3) is 3.18. The van der Waals surface area contributed by atoms with Gasteiger partial charge in [0.2, 0.25) is 0 Å². The fourth-order valence-corrected chi connectivity index (χ4v) is 2.39. The van der Waals surface area contributed by atoms with Crippen LogP contribution in [0.5, 0.6) is 0 Å². The first kappa shape index (κ1) is 14.7. The molecule has 2 aromatic heterocycles. The van der Waals surface area contributed by atoms with Gasteiger partial charge in [-0.15, -0.1) is 0 Å². The van der Waals surface area contributed by atoms with E-state index in [4.69, 9.17) is 5.73 Å². The molecule has 114 valence electrons. The molecule has 0 saturated carbocycles. The lowest BCUT2D eigenvalue weighted by Gasteiger charge is -2.10. The van der Waals surface area contributed by atoms with Crippen LogP contribution in [0.1, 0.15) is 16.1 Å². The SMILES string of the molecule is Cc1cc(NC(=O)c2ncccc2N)ccc1-c1cccnc1. The van der Waals surface area contributed by atoms with Crippen LogP contribution in [0.2, 0.25) is 0 Å². The number of nitrogens with zero attached hydrogens (tertiary/aromatic N) is 2. The van der Waals surface area contributed by atoms with E-state index in [2.05, 4.69) is 15.3 Å². The fraction of sp³-hybridized carbons (Fsp3) is 0.0556. The van der Waals surface area contributed by atoms with Crippen molar-refractivity contribution in [3.63, 3.8) is 0 Å². The number of carbonyl (C=O) groups is 1. The monoisotopic (exact) mass is 304 g/mol. The highest BCUT2D eigenvalue weighted by Gasteiger charge is 2.11. The molecule has 3 rings (SSSR count). The third-order valence-electron chi connectivity index (χ3n) is 3.51. The fourth-order valence-electron chi connectivity index (χ4n) is 2.39. The Balaban J connectivity index is 1.84. The van der Waals surface area contributed by atoms with Gasteiger partial charge in [0, 0.05) is 29.8 Å². The molecule has 2 heterocycles. The van der Waals surface area contributed by atoms with Gasteiger partial charge < -0.3 is 11.1 Å². The predicted octanol–water partition coefficient (Wildman–Crippen LogP) is 3.29. The number of rotatable bonds is 3. The van der Waals surface area contributed by atoms with E-state index in [0.717, 1.165) is 16.7 Å². The van der Waals surface area contributed by atoms with Crippen molar-refractivity contribution < 1.29 is 4.79 Å². The number of hydrogen-bond donors (Lipinski definition) is 2. The van der Waals surface area contributed by atoms with Gasteiger partial charge in [0.1, 0.15) is 0 Å². The van der Waals surface area contributed by atoms with Gasteiger partial charge in [-0.2, -0.15) is 0 Å². The Kier molecular flexibility index (Phi) is 4.01. The van der Waals surface area contributed by atoms with E-state index >= 15 is 0 Å². The summed E-state index contributed by atoms with van der Waals surface area (Å²) in [6.07, 6.45) is 5.10. The number of nitrogen functional groups attached to an aromatic ring is 1. The summed E-state index contributed by atoms with van der Waals surface area (Å²) in [6, 6.07) is 13.0. The molecule has 5 heteroatoms. The molecule has 0 spiro atoms. The van der Waals surface area contributed by atoms with Crippen molar-refractivity contribution in [1.82, 2.24) is 9.97 Å². The molecule has 0 unspecified atom stereocenters. The van der Waals surface area contributed by atoms with Gasteiger partial charge in [0.15, 0.2) is 5.69 Å². The van der Waals surface area contributed by atoms with Gasteiger partial charge in [-0.1, -0.05) is 12.1 Å². The van der Waals surface area contributed by atoms with Crippen molar-refractivity contribution in [2.24, 2.45) is 0 Å². The Morgan fingerprint density at radius 1 is 1.13 bits per heavy atom. The molecule has 0 bridgehead atoms. The van der Waals surface area contributed by atoms with Gasteiger partial charge in [0.05, 0.1) is 5.69 Å². The van der Waals surface area contributed by atoms with Crippen LogP contribution in [0.25, 0.3) is 11.1 Å². The molecule has 0 aliphatic carbocycles. The number of anilines is 2. The Hall–Kier alpha value is -3.21. The Morgan fingerprint density at radius 2 is 1.96 bits per heavy atom. The minimum absolute atomic E-state index is 0.224. The molecule has 23 heavy (non-hydrogen) atoms. The molecular formula is C18H16N4O. The van der Waals surface area contributed by atoms with Crippen LogP contribution in [0.3, 0.4) is 0 Å². The standard InChI is InChI=1S/C18H16N4O/c1-12-10-14(6-7-15(12)13-4-2-8-20-11-13)22-18(23)17-16(19)5-3-9-21-17/h2-11H,19H2,1H3,(H,22,23). The molecule has 5 nitrogen and oxygen atoms in total. The number of aryl methyl sites for hydroxylation is 1. The molecule has 0 radical (unpaired) electrons. The summed E-state index contributed by atoms with van der Waals surface area (Å²) < 4.78 is 0. The number of pyridine rings is 2. The van der Waals surface area contributed by atoms with Crippen molar-refractivity contribution in [1.29, 1.82) is 0 Å². The van der Waals surface area contributed by atoms with E-state index in [-0.39, 0.29) is 11.6 Å². The van der Waals surface area contributed by atoms with Crippen molar-refractivity contribution in [2.75, 3.05) is 11.1 Å². The maximum atomic E-state index is 12.2. The first-order chi connectivity index (χ1) is 11.1.